The van der Waals surface area contributed by atoms with E-state index in [1.165, 1.54) is 0 Å². The highest BCUT2D eigenvalue weighted by Gasteiger charge is 2.23. The maximum atomic E-state index is 12.3. The van der Waals surface area contributed by atoms with Gasteiger partial charge in [-0.05, 0) is 36.4 Å². The van der Waals surface area contributed by atoms with Crippen LogP contribution in [0.4, 0.5) is 0 Å². The van der Waals surface area contributed by atoms with Gasteiger partial charge in [-0.15, -0.1) is 0 Å². The third-order valence-corrected chi connectivity index (χ3v) is 5.72. The molecule has 1 aliphatic rings. The summed E-state index contributed by atoms with van der Waals surface area (Å²) in [6, 6.07) is 7.21. The summed E-state index contributed by atoms with van der Waals surface area (Å²) in [6.45, 7) is 3.59. The van der Waals surface area contributed by atoms with E-state index in [1.807, 2.05) is 13.0 Å². The fourth-order valence-corrected chi connectivity index (χ4v) is 4.61. The van der Waals surface area contributed by atoms with Gasteiger partial charge in [0, 0.05) is 18.3 Å². The molecule has 1 aromatic carbocycles. The van der Waals surface area contributed by atoms with Gasteiger partial charge in [-0.25, -0.2) is 13.1 Å². The van der Waals surface area contributed by atoms with Crippen LogP contribution >= 0.6 is 11.8 Å². The molecule has 4 nitrogen and oxygen atoms in total. The Bertz CT molecular complexity index is 511. The molecule has 1 heterocycles. The van der Waals surface area contributed by atoms with Gasteiger partial charge in [-0.2, -0.15) is 11.8 Å². The van der Waals surface area contributed by atoms with Gasteiger partial charge in [0.2, 0.25) is 10.0 Å². The molecular formula is C13H20N2O2S2. The molecule has 0 bridgehead atoms. The Morgan fingerprint density at radius 3 is 2.95 bits per heavy atom. The topological polar surface area (TPSA) is 58.2 Å². The highest BCUT2D eigenvalue weighted by Crippen LogP contribution is 2.20. The standard InChI is InChI=1S/C13H20N2O2S2/c1-2-14-9-11-4-3-5-13(8-11)19(16,17)15-12-6-7-18-10-12/h3-5,8,12,14-15H,2,6-7,9-10H2,1H3. The zero-order chi connectivity index (χ0) is 13.7. The fraction of sp³-hybridized carbons (Fsp3) is 0.538. The van der Waals surface area contributed by atoms with Gasteiger partial charge in [0.15, 0.2) is 0 Å². The second kappa shape index (κ2) is 6.74. The van der Waals surface area contributed by atoms with Crippen LogP contribution in [0.15, 0.2) is 29.2 Å². The maximum absolute atomic E-state index is 12.3. The van der Waals surface area contributed by atoms with E-state index < -0.39 is 10.0 Å². The Morgan fingerprint density at radius 1 is 1.42 bits per heavy atom. The van der Waals surface area contributed by atoms with E-state index in [1.54, 1.807) is 30.0 Å². The van der Waals surface area contributed by atoms with Gasteiger partial charge in [-0.1, -0.05) is 19.1 Å². The Balaban J connectivity index is 2.10. The molecule has 0 spiro atoms. The SMILES string of the molecule is CCNCc1cccc(S(=O)(=O)NC2CCSC2)c1. The van der Waals surface area contributed by atoms with Crippen molar-refractivity contribution in [1.82, 2.24) is 10.0 Å². The quantitative estimate of drug-likeness (QED) is 0.837. The van der Waals surface area contributed by atoms with Crippen LogP contribution in [0.25, 0.3) is 0 Å². The first-order chi connectivity index (χ1) is 9.12. The second-order valence-electron chi connectivity index (χ2n) is 4.61. The van der Waals surface area contributed by atoms with Crippen molar-refractivity contribution in [2.45, 2.75) is 30.8 Å². The van der Waals surface area contributed by atoms with Crippen molar-refractivity contribution >= 4 is 21.8 Å². The van der Waals surface area contributed by atoms with Crippen LogP contribution in [0.2, 0.25) is 0 Å². The van der Waals surface area contributed by atoms with Crippen LogP contribution in [0.1, 0.15) is 18.9 Å². The van der Waals surface area contributed by atoms with Crippen LogP contribution in [0.3, 0.4) is 0 Å². The van der Waals surface area contributed by atoms with Gasteiger partial charge < -0.3 is 5.32 Å². The zero-order valence-corrected chi connectivity index (χ0v) is 12.7. The minimum absolute atomic E-state index is 0.0763. The lowest BCUT2D eigenvalue weighted by Gasteiger charge is -2.12. The Labute approximate surface area is 119 Å². The van der Waals surface area contributed by atoms with Crippen molar-refractivity contribution in [2.75, 3.05) is 18.1 Å². The highest BCUT2D eigenvalue weighted by atomic mass is 32.2. The molecule has 1 saturated heterocycles. The van der Waals surface area contributed by atoms with Gasteiger partial charge in [0.1, 0.15) is 0 Å². The lowest BCUT2D eigenvalue weighted by atomic mass is 10.2. The predicted molar refractivity (Wildman–Crippen MR) is 79.9 cm³/mol. The van der Waals surface area contributed by atoms with Crippen LogP contribution in [0.5, 0.6) is 0 Å². The van der Waals surface area contributed by atoms with E-state index in [0.29, 0.717) is 11.4 Å². The third kappa shape index (κ3) is 4.21. The second-order valence-corrected chi connectivity index (χ2v) is 7.47. The zero-order valence-electron chi connectivity index (χ0n) is 11.1. The monoisotopic (exact) mass is 300 g/mol. The Hall–Kier alpha value is -0.560. The molecule has 1 aromatic rings. The van der Waals surface area contributed by atoms with E-state index in [9.17, 15) is 8.42 Å². The molecule has 0 saturated carbocycles. The minimum Gasteiger partial charge on any atom is -0.313 e. The van der Waals surface area contributed by atoms with Gasteiger partial charge in [-0.3, -0.25) is 0 Å². The third-order valence-electron chi connectivity index (χ3n) is 3.04. The van der Waals surface area contributed by atoms with E-state index in [0.717, 1.165) is 30.0 Å². The summed E-state index contributed by atoms with van der Waals surface area (Å²) in [4.78, 5) is 0.361. The summed E-state index contributed by atoms with van der Waals surface area (Å²) >= 11 is 1.80. The number of hydrogen-bond acceptors (Lipinski definition) is 4. The minimum atomic E-state index is -3.38. The average Bonchev–Trinajstić information content (AvgIpc) is 2.89. The predicted octanol–water partition coefficient (Wildman–Crippen LogP) is 1.58. The van der Waals surface area contributed by atoms with E-state index >= 15 is 0 Å². The van der Waals surface area contributed by atoms with Crippen molar-refractivity contribution in [3.63, 3.8) is 0 Å². The van der Waals surface area contributed by atoms with Crippen LogP contribution in [-0.2, 0) is 16.6 Å². The molecule has 19 heavy (non-hydrogen) atoms. The Kier molecular flexibility index (Phi) is 5.27. The normalized spacial score (nSPS) is 19.7. The summed E-state index contributed by atoms with van der Waals surface area (Å²) in [5, 5.41) is 3.20. The first-order valence-corrected chi connectivity index (χ1v) is 9.15. The Morgan fingerprint density at radius 2 is 2.26 bits per heavy atom. The number of nitrogens with one attached hydrogen (secondary N) is 2. The number of sulfonamides is 1. The van der Waals surface area contributed by atoms with Crippen molar-refractivity contribution in [3.05, 3.63) is 29.8 Å². The van der Waals surface area contributed by atoms with Crippen molar-refractivity contribution in [2.24, 2.45) is 0 Å². The first kappa shape index (κ1) is 14.8. The molecule has 2 N–H and O–H groups in total. The molecule has 0 aromatic heterocycles. The largest absolute Gasteiger partial charge is 0.313 e. The van der Waals surface area contributed by atoms with Gasteiger partial charge in [0.25, 0.3) is 0 Å². The van der Waals surface area contributed by atoms with Gasteiger partial charge in [0.05, 0.1) is 4.90 Å². The maximum Gasteiger partial charge on any atom is 0.240 e. The van der Waals surface area contributed by atoms with Gasteiger partial charge >= 0.3 is 0 Å². The fourth-order valence-electron chi connectivity index (χ4n) is 2.01. The van der Waals surface area contributed by atoms with Crippen molar-refractivity contribution < 1.29 is 8.42 Å². The molecule has 0 amide bonds. The number of hydrogen-bond donors (Lipinski definition) is 2. The lowest BCUT2D eigenvalue weighted by molar-refractivity contribution is 0.563. The van der Waals surface area contributed by atoms with Crippen LogP contribution in [0, 0.1) is 0 Å². The van der Waals surface area contributed by atoms with Crippen molar-refractivity contribution in [1.29, 1.82) is 0 Å². The van der Waals surface area contributed by atoms with Crippen LogP contribution < -0.4 is 10.0 Å². The summed E-state index contributed by atoms with van der Waals surface area (Å²) in [6.07, 6.45) is 0.918. The molecule has 2 rings (SSSR count). The molecule has 1 atom stereocenters. The smallest absolute Gasteiger partial charge is 0.240 e. The molecule has 0 aliphatic carbocycles. The summed E-state index contributed by atoms with van der Waals surface area (Å²) in [7, 11) is -3.38. The molecule has 106 valence electrons. The average molecular weight is 300 g/mol. The number of thioether (sulfide) groups is 1. The molecule has 0 radical (unpaired) electrons. The number of benzene rings is 1. The molecule has 1 fully saturated rings. The molecule has 1 aliphatic heterocycles. The summed E-state index contributed by atoms with van der Waals surface area (Å²) in [5.41, 5.74) is 0.991. The van der Waals surface area contributed by atoms with E-state index in [2.05, 4.69) is 10.0 Å². The number of rotatable bonds is 6. The van der Waals surface area contributed by atoms with Crippen LogP contribution in [-0.4, -0.2) is 32.5 Å². The molecule has 6 heteroatoms. The van der Waals surface area contributed by atoms with E-state index in [4.69, 9.17) is 0 Å². The lowest BCUT2D eigenvalue weighted by Crippen LogP contribution is -2.34. The summed E-state index contributed by atoms with van der Waals surface area (Å²) < 4.78 is 27.3. The van der Waals surface area contributed by atoms with E-state index in [-0.39, 0.29) is 6.04 Å². The highest BCUT2D eigenvalue weighted by molar-refractivity contribution is 7.99. The molecule has 1 unspecified atom stereocenters. The molecular weight excluding hydrogens is 280 g/mol. The van der Waals surface area contributed by atoms with Crippen molar-refractivity contribution in [3.8, 4) is 0 Å². The summed E-state index contributed by atoms with van der Waals surface area (Å²) in [5.74, 6) is 1.91. The first-order valence-electron chi connectivity index (χ1n) is 6.51.